The third kappa shape index (κ3) is 5.29. The topological polar surface area (TPSA) is 53.2 Å². The number of thiocarbonyl (C=S) groups is 1. The minimum Gasteiger partial charge on any atom is -0.331 e. The van der Waals surface area contributed by atoms with Crippen LogP contribution in [-0.2, 0) is 4.79 Å². The number of nitrogens with one attached hydrogen (secondary N) is 3. The van der Waals surface area contributed by atoms with Crippen molar-refractivity contribution in [1.82, 2.24) is 10.9 Å². The van der Waals surface area contributed by atoms with Gasteiger partial charge in [-0.15, -0.1) is 0 Å². The van der Waals surface area contributed by atoms with Crippen LogP contribution in [0.2, 0.25) is 0 Å². The number of benzene rings is 2. The Bertz CT molecular complexity index is 731. The molecule has 1 amide bonds. The molecule has 0 bridgehead atoms. The third-order valence-corrected chi connectivity index (χ3v) is 4.45. The molecular formula is C20H25N3OS. The van der Waals surface area contributed by atoms with Gasteiger partial charge in [-0.3, -0.25) is 15.6 Å². The van der Waals surface area contributed by atoms with E-state index in [1.54, 1.807) is 0 Å². The van der Waals surface area contributed by atoms with Gasteiger partial charge in [-0.2, -0.15) is 0 Å². The Morgan fingerprint density at radius 3 is 2.44 bits per heavy atom. The fourth-order valence-electron chi connectivity index (χ4n) is 2.67. The Kier molecular flexibility index (Phi) is 6.95. The molecule has 0 radical (unpaired) electrons. The van der Waals surface area contributed by atoms with E-state index in [0.29, 0.717) is 5.11 Å². The van der Waals surface area contributed by atoms with Gasteiger partial charge in [-0.05, 0) is 55.2 Å². The second-order valence-corrected chi connectivity index (χ2v) is 6.48. The first-order chi connectivity index (χ1) is 12.0. The van der Waals surface area contributed by atoms with Gasteiger partial charge in [-0.25, -0.2) is 0 Å². The number of hydrogen-bond donors (Lipinski definition) is 3. The lowest BCUT2D eigenvalue weighted by Crippen LogP contribution is -2.45. The molecule has 0 spiro atoms. The van der Waals surface area contributed by atoms with E-state index in [2.05, 4.69) is 23.1 Å². The van der Waals surface area contributed by atoms with Gasteiger partial charge in [0.25, 0.3) is 0 Å². The molecule has 5 heteroatoms. The highest BCUT2D eigenvalue weighted by Gasteiger charge is 2.19. The maximum atomic E-state index is 12.6. The van der Waals surface area contributed by atoms with Crippen LogP contribution in [0.25, 0.3) is 0 Å². The van der Waals surface area contributed by atoms with Gasteiger partial charge in [0.05, 0.1) is 5.92 Å². The molecule has 2 aromatic carbocycles. The Hall–Kier alpha value is -2.40. The fraction of sp³-hybridized carbons (Fsp3) is 0.300. The third-order valence-electron chi connectivity index (χ3n) is 4.25. The van der Waals surface area contributed by atoms with Gasteiger partial charge in [-0.1, -0.05) is 55.8 Å². The average Bonchev–Trinajstić information content (AvgIpc) is 2.62. The average molecular weight is 356 g/mol. The van der Waals surface area contributed by atoms with Crippen molar-refractivity contribution in [3.63, 3.8) is 0 Å². The van der Waals surface area contributed by atoms with Gasteiger partial charge >= 0.3 is 0 Å². The summed E-state index contributed by atoms with van der Waals surface area (Å²) in [5.74, 6) is -0.277. The maximum Gasteiger partial charge on any atom is 0.245 e. The molecular weight excluding hydrogens is 330 g/mol. The number of hydrogen-bond acceptors (Lipinski definition) is 2. The molecule has 0 saturated carbocycles. The van der Waals surface area contributed by atoms with E-state index in [1.165, 1.54) is 5.56 Å². The van der Waals surface area contributed by atoms with Crippen molar-refractivity contribution in [2.75, 3.05) is 5.32 Å². The van der Waals surface area contributed by atoms with E-state index < -0.39 is 0 Å². The summed E-state index contributed by atoms with van der Waals surface area (Å²) in [5.41, 5.74) is 9.79. The lowest BCUT2D eigenvalue weighted by atomic mass is 9.94. The summed E-state index contributed by atoms with van der Waals surface area (Å²) >= 11 is 5.29. The number of carbonyl (C=O) groups excluding carboxylic acids is 1. The van der Waals surface area contributed by atoms with Crippen LogP contribution >= 0.6 is 12.2 Å². The Morgan fingerprint density at radius 2 is 1.76 bits per heavy atom. The maximum absolute atomic E-state index is 12.6. The number of anilines is 1. The lowest BCUT2D eigenvalue weighted by molar-refractivity contribution is -0.123. The van der Waals surface area contributed by atoms with Crippen molar-refractivity contribution in [1.29, 1.82) is 0 Å². The van der Waals surface area contributed by atoms with Crippen LogP contribution in [0.4, 0.5) is 5.69 Å². The summed E-state index contributed by atoms with van der Waals surface area (Å²) in [6.45, 7) is 6.16. The summed E-state index contributed by atoms with van der Waals surface area (Å²) < 4.78 is 0. The Morgan fingerprint density at radius 1 is 1.04 bits per heavy atom. The van der Waals surface area contributed by atoms with Crippen molar-refractivity contribution >= 4 is 28.9 Å². The largest absolute Gasteiger partial charge is 0.331 e. The van der Waals surface area contributed by atoms with Gasteiger partial charge in [0.1, 0.15) is 0 Å². The minimum absolute atomic E-state index is 0.0850. The van der Waals surface area contributed by atoms with Crippen LogP contribution in [0.1, 0.15) is 42.4 Å². The van der Waals surface area contributed by atoms with Crippen molar-refractivity contribution in [2.24, 2.45) is 0 Å². The quantitative estimate of drug-likeness (QED) is 0.556. The van der Waals surface area contributed by atoms with Gasteiger partial charge in [0, 0.05) is 5.69 Å². The number of hydrazine groups is 1. The van der Waals surface area contributed by atoms with Crippen molar-refractivity contribution in [3.8, 4) is 0 Å². The molecule has 2 rings (SSSR count). The standard InChI is InChI=1S/C20H25N3OS/c1-4-9-17(16-11-6-5-7-12-16)19(24)22-23-20(25)21-18-13-8-10-14(2)15(18)3/h5-8,10-13,17H,4,9H2,1-3H3,(H,22,24)(H2,21,23,25)/t17-/m0/s1. The summed E-state index contributed by atoms with van der Waals surface area (Å²) in [6, 6.07) is 15.8. The second kappa shape index (κ2) is 9.18. The zero-order chi connectivity index (χ0) is 18.2. The van der Waals surface area contributed by atoms with Crippen molar-refractivity contribution < 1.29 is 4.79 Å². The molecule has 0 aliphatic heterocycles. The fourth-order valence-corrected chi connectivity index (χ4v) is 2.83. The first-order valence-electron chi connectivity index (χ1n) is 8.51. The minimum atomic E-state index is -0.192. The van der Waals surface area contributed by atoms with Crippen molar-refractivity contribution in [3.05, 3.63) is 65.2 Å². The van der Waals surface area contributed by atoms with Crippen LogP contribution < -0.4 is 16.2 Å². The summed E-state index contributed by atoms with van der Waals surface area (Å²) in [6.07, 6.45) is 1.72. The Balaban J connectivity index is 1.95. The molecule has 132 valence electrons. The Labute approximate surface area is 155 Å². The number of rotatable bonds is 5. The monoisotopic (exact) mass is 355 g/mol. The highest BCUT2D eigenvalue weighted by atomic mass is 32.1. The van der Waals surface area contributed by atoms with E-state index in [-0.39, 0.29) is 11.8 Å². The van der Waals surface area contributed by atoms with Crippen molar-refractivity contribution in [2.45, 2.75) is 39.5 Å². The summed E-state index contributed by atoms with van der Waals surface area (Å²) in [4.78, 5) is 12.6. The molecule has 0 aromatic heterocycles. The predicted molar refractivity (Wildman–Crippen MR) is 108 cm³/mol. The molecule has 3 N–H and O–H groups in total. The molecule has 0 aliphatic rings. The van der Waals surface area contributed by atoms with Gasteiger partial charge in [0.15, 0.2) is 5.11 Å². The van der Waals surface area contributed by atoms with Crippen LogP contribution in [0, 0.1) is 13.8 Å². The highest BCUT2D eigenvalue weighted by molar-refractivity contribution is 7.80. The molecule has 0 unspecified atom stereocenters. The molecule has 4 nitrogen and oxygen atoms in total. The first-order valence-corrected chi connectivity index (χ1v) is 8.91. The molecule has 1 atom stereocenters. The zero-order valence-corrected chi connectivity index (χ0v) is 15.7. The van der Waals surface area contributed by atoms with E-state index >= 15 is 0 Å². The van der Waals surface area contributed by atoms with Gasteiger partial charge in [0.2, 0.25) is 5.91 Å². The van der Waals surface area contributed by atoms with Crippen LogP contribution in [-0.4, -0.2) is 11.0 Å². The van der Waals surface area contributed by atoms with Crippen LogP contribution in [0.3, 0.4) is 0 Å². The van der Waals surface area contributed by atoms with E-state index in [4.69, 9.17) is 12.2 Å². The zero-order valence-electron chi connectivity index (χ0n) is 14.9. The molecule has 25 heavy (non-hydrogen) atoms. The summed E-state index contributed by atoms with van der Waals surface area (Å²) in [5, 5.41) is 3.49. The van der Waals surface area contributed by atoms with E-state index in [1.807, 2.05) is 62.4 Å². The van der Waals surface area contributed by atoms with E-state index in [0.717, 1.165) is 29.7 Å². The normalized spacial score (nSPS) is 11.5. The number of carbonyl (C=O) groups is 1. The second-order valence-electron chi connectivity index (χ2n) is 6.07. The molecule has 2 aromatic rings. The van der Waals surface area contributed by atoms with Crippen LogP contribution in [0.5, 0.6) is 0 Å². The molecule has 0 aliphatic carbocycles. The lowest BCUT2D eigenvalue weighted by Gasteiger charge is -2.19. The van der Waals surface area contributed by atoms with E-state index in [9.17, 15) is 4.79 Å². The summed E-state index contributed by atoms with van der Waals surface area (Å²) in [7, 11) is 0. The number of amides is 1. The SMILES string of the molecule is CCC[C@H](C(=O)NNC(=S)Nc1cccc(C)c1C)c1ccccc1. The first kappa shape index (κ1) is 18.9. The molecule has 0 saturated heterocycles. The predicted octanol–water partition coefficient (Wildman–Crippen LogP) is 4.20. The highest BCUT2D eigenvalue weighted by Crippen LogP contribution is 2.21. The number of aryl methyl sites for hydroxylation is 1. The van der Waals surface area contributed by atoms with Gasteiger partial charge < -0.3 is 5.32 Å². The molecule has 0 heterocycles. The van der Waals surface area contributed by atoms with Crippen LogP contribution in [0.15, 0.2) is 48.5 Å². The smallest absolute Gasteiger partial charge is 0.245 e. The molecule has 0 fully saturated rings.